The van der Waals surface area contributed by atoms with E-state index < -0.39 is 0 Å². The Balaban J connectivity index is 3.24. The molecule has 1 rings (SSSR count). The molecule has 2 N–H and O–H groups in total. The molecule has 5 nitrogen and oxygen atoms in total. The van der Waals surface area contributed by atoms with Crippen molar-refractivity contribution < 1.29 is 4.74 Å². The van der Waals surface area contributed by atoms with Gasteiger partial charge in [0.1, 0.15) is 4.99 Å². The first-order valence-corrected chi connectivity index (χ1v) is 7.16. The van der Waals surface area contributed by atoms with E-state index in [1.807, 2.05) is 13.8 Å². The Morgan fingerprint density at radius 1 is 1.35 bits per heavy atom. The van der Waals surface area contributed by atoms with Crippen molar-refractivity contribution >= 4 is 23.0 Å². The summed E-state index contributed by atoms with van der Waals surface area (Å²) >= 11 is 5.19. The molecular weight excluding hydrogens is 272 g/mol. The van der Waals surface area contributed by atoms with Crippen molar-refractivity contribution in [2.75, 3.05) is 31.7 Å². The van der Waals surface area contributed by atoms with Gasteiger partial charge in [0.25, 0.3) is 0 Å². The third-order valence-electron chi connectivity index (χ3n) is 3.13. The summed E-state index contributed by atoms with van der Waals surface area (Å²) in [4.78, 5) is 2.50. The van der Waals surface area contributed by atoms with Crippen LogP contribution >= 0.6 is 12.2 Å². The minimum Gasteiger partial charge on any atom is -0.389 e. The second-order valence-electron chi connectivity index (χ2n) is 5.31. The summed E-state index contributed by atoms with van der Waals surface area (Å²) in [5, 5.41) is 8.53. The monoisotopic (exact) mass is 296 g/mol. The van der Waals surface area contributed by atoms with Gasteiger partial charge in [-0.15, -0.1) is 5.10 Å². The van der Waals surface area contributed by atoms with Crippen molar-refractivity contribution in [1.82, 2.24) is 10.2 Å². The second kappa shape index (κ2) is 7.50. The molecule has 0 unspecified atom stereocenters. The van der Waals surface area contributed by atoms with Crippen LogP contribution in [0.15, 0.2) is 0 Å². The molecule has 0 bridgehead atoms. The van der Waals surface area contributed by atoms with E-state index in [4.69, 9.17) is 22.7 Å². The average Bonchev–Trinajstić information content (AvgIpc) is 2.36. The summed E-state index contributed by atoms with van der Waals surface area (Å²) in [6.07, 6.45) is 0. The van der Waals surface area contributed by atoms with Gasteiger partial charge in [0.15, 0.2) is 5.82 Å². The lowest BCUT2D eigenvalue weighted by atomic mass is 10.1. The molecule has 0 aliphatic heterocycles. The summed E-state index contributed by atoms with van der Waals surface area (Å²) in [6.45, 7) is 10.4. The summed E-state index contributed by atoms with van der Waals surface area (Å²) < 4.78 is 5.18. The normalized spacial score (nSPS) is 10.9. The second-order valence-corrected chi connectivity index (χ2v) is 5.75. The van der Waals surface area contributed by atoms with Crippen LogP contribution in [0.25, 0.3) is 0 Å². The number of ether oxygens (including phenoxy) is 1. The van der Waals surface area contributed by atoms with Gasteiger partial charge < -0.3 is 15.4 Å². The predicted octanol–water partition coefficient (Wildman–Crippen LogP) is 1.84. The van der Waals surface area contributed by atoms with Crippen molar-refractivity contribution in [3.05, 3.63) is 16.8 Å². The van der Waals surface area contributed by atoms with Crippen LogP contribution in [0, 0.1) is 19.8 Å². The number of thiocarbonyl (C=S) groups is 1. The lowest BCUT2D eigenvalue weighted by Gasteiger charge is -2.27. The maximum absolute atomic E-state index is 5.89. The van der Waals surface area contributed by atoms with Crippen molar-refractivity contribution in [3.8, 4) is 0 Å². The van der Waals surface area contributed by atoms with E-state index in [0.717, 1.165) is 35.7 Å². The predicted molar refractivity (Wildman–Crippen MR) is 86.3 cm³/mol. The van der Waals surface area contributed by atoms with Gasteiger partial charge >= 0.3 is 0 Å². The molecule has 0 aromatic carbocycles. The lowest BCUT2D eigenvalue weighted by molar-refractivity contribution is 0.204. The van der Waals surface area contributed by atoms with Gasteiger partial charge in [0.2, 0.25) is 0 Å². The van der Waals surface area contributed by atoms with Crippen LogP contribution in [-0.2, 0) is 4.74 Å². The topological polar surface area (TPSA) is 64.3 Å². The SMILES string of the molecule is COCCN(CC(C)C)c1nnc(C)c(C)c1C(N)=S. The number of aromatic nitrogens is 2. The molecule has 0 aliphatic rings. The average molecular weight is 296 g/mol. The van der Waals surface area contributed by atoms with Gasteiger partial charge in [-0.05, 0) is 25.3 Å². The van der Waals surface area contributed by atoms with Gasteiger partial charge in [-0.3, -0.25) is 0 Å². The zero-order chi connectivity index (χ0) is 15.3. The van der Waals surface area contributed by atoms with E-state index in [-0.39, 0.29) is 0 Å². The number of nitrogens with zero attached hydrogens (tertiary/aromatic N) is 3. The molecule has 1 heterocycles. The molecule has 0 aliphatic carbocycles. The molecule has 1 aromatic heterocycles. The van der Waals surface area contributed by atoms with Gasteiger partial charge in [0.05, 0.1) is 17.9 Å². The first kappa shape index (κ1) is 16.8. The summed E-state index contributed by atoms with van der Waals surface area (Å²) in [6, 6.07) is 0. The fourth-order valence-corrected chi connectivity index (χ4v) is 2.28. The van der Waals surface area contributed by atoms with Crippen LogP contribution < -0.4 is 10.6 Å². The lowest BCUT2D eigenvalue weighted by Crippen LogP contribution is -2.34. The highest BCUT2D eigenvalue weighted by atomic mass is 32.1. The molecule has 0 spiro atoms. The molecule has 0 saturated carbocycles. The quantitative estimate of drug-likeness (QED) is 0.775. The van der Waals surface area contributed by atoms with Crippen LogP contribution in [0.5, 0.6) is 0 Å². The van der Waals surface area contributed by atoms with Gasteiger partial charge in [0, 0.05) is 20.2 Å². The van der Waals surface area contributed by atoms with Crippen LogP contribution in [0.4, 0.5) is 5.82 Å². The molecule has 0 saturated heterocycles. The zero-order valence-electron chi connectivity index (χ0n) is 12.9. The molecule has 0 atom stereocenters. The molecule has 0 amide bonds. The smallest absolute Gasteiger partial charge is 0.161 e. The third-order valence-corrected chi connectivity index (χ3v) is 3.34. The van der Waals surface area contributed by atoms with Crippen LogP contribution in [0.3, 0.4) is 0 Å². The molecule has 6 heteroatoms. The number of methoxy groups -OCH3 is 1. The number of rotatable bonds is 7. The molecule has 20 heavy (non-hydrogen) atoms. The highest BCUT2D eigenvalue weighted by molar-refractivity contribution is 7.80. The molecule has 0 radical (unpaired) electrons. The summed E-state index contributed by atoms with van der Waals surface area (Å²) in [7, 11) is 1.69. The Labute approximate surface area is 126 Å². The Hall–Kier alpha value is -1.27. The highest BCUT2D eigenvalue weighted by Gasteiger charge is 2.19. The van der Waals surface area contributed by atoms with Crippen LogP contribution in [0.1, 0.15) is 30.7 Å². The fraction of sp³-hybridized carbons (Fsp3) is 0.643. The van der Waals surface area contributed by atoms with E-state index in [9.17, 15) is 0 Å². The van der Waals surface area contributed by atoms with E-state index in [1.54, 1.807) is 7.11 Å². The van der Waals surface area contributed by atoms with Crippen LogP contribution in [-0.4, -0.2) is 42.0 Å². The minimum atomic E-state index is 0.363. The maximum Gasteiger partial charge on any atom is 0.161 e. The third kappa shape index (κ3) is 4.11. The van der Waals surface area contributed by atoms with E-state index in [2.05, 4.69) is 28.9 Å². The number of anilines is 1. The first-order valence-electron chi connectivity index (χ1n) is 6.76. The van der Waals surface area contributed by atoms with E-state index >= 15 is 0 Å². The van der Waals surface area contributed by atoms with Crippen molar-refractivity contribution in [3.63, 3.8) is 0 Å². The summed E-state index contributed by atoms with van der Waals surface area (Å²) in [5.41, 5.74) is 8.56. The molecular formula is C14H24N4OS. The van der Waals surface area contributed by atoms with Crippen molar-refractivity contribution in [1.29, 1.82) is 0 Å². The van der Waals surface area contributed by atoms with E-state index in [1.165, 1.54) is 0 Å². The summed E-state index contributed by atoms with van der Waals surface area (Å²) in [5.74, 6) is 1.25. The first-order chi connectivity index (χ1) is 9.38. The van der Waals surface area contributed by atoms with Gasteiger partial charge in [-0.25, -0.2) is 0 Å². The Kier molecular flexibility index (Phi) is 6.29. The Morgan fingerprint density at radius 3 is 2.50 bits per heavy atom. The van der Waals surface area contributed by atoms with Gasteiger partial charge in [-0.2, -0.15) is 5.10 Å². The number of hydrogen-bond donors (Lipinski definition) is 1. The Bertz CT molecular complexity index is 476. The maximum atomic E-state index is 5.89. The Morgan fingerprint density at radius 2 is 2.00 bits per heavy atom. The fourth-order valence-electron chi connectivity index (χ4n) is 2.04. The largest absolute Gasteiger partial charge is 0.389 e. The zero-order valence-corrected chi connectivity index (χ0v) is 13.8. The molecule has 112 valence electrons. The van der Waals surface area contributed by atoms with Gasteiger partial charge in [-0.1, -0.05) is 26.1 Å². The number of aryl methyl sites for hydroxylation is 1. The van der Waals surface area contributed by atoms with E-state index in [0.29, 0.717) is 17.5 Å². The molecule has 0 fully saturated rings. The number of hydrogen-bond acceptors (Lipinski definition) is 5. The van der Waals surface area contributed by atoms with Crippen molar-refractivity contribution in [2.24, 2.45) is 11.7 Å². The molecule has 1 aromatic rings. The number of nitrogens with two attached hydrogens (primary N) is 1. The minimum absolute atomic E-state index is 0.363. The standard InChI is InChI=1S/C14H24N4OS/c1-9(2)8-18(6-7-19-5)14-12(13(15)20)10(3)11(4)16-17-14/h9H,6-8H2,1-5H3,(H2,15,20). The van der Waals surface area contributed by atoms with Crippen molar-refractivity contribution in [2.45, 2.75) is 27.7 Å². The highest BCUT2D eigenvalue weighted by Crippen LogP contribution is 2.23. The van der Waals surface area contributed by atoms with Crippen LogP contribution in [0.2, 0.25) is 0 Å².